The predicted molar refractivity (Wildman–Crippen MR) is 56.1 cm³/mol. The van der Waals surface area contributed by atoms with E-state index in [1.165, 1.54) is 6.20 Å². The Morgan fingerprint density at radius 3 is 2.83 bits per heavy atom. The van der Waals surface area contributed by atoms with Crippen molar-refractivity contribution in [3.05, 3.63) is 18.2 Å². The number of hydrogen-bond acceptors (Lipinski definition) is 5. The summed E-state index contributed by atoms with van der Waals surface area (Å²) in [4.78, 5) is 3.86. The van der Waals surface area contributed by atoms with E-state index in [1.807, 2.05) is 0 Å². The maximum atomic E-state index is 12.1. The van der Waals surface area contributed by atoms with Gasteiger partial charge in [-0.3, -0.25) is 4.40 Å². The van der Waals surface area contributed by atoms with E-state index in [2.05, 4.69) is 20.5 Å². The van der Waals surface area contributed by atoms with Crippen LogP contribution in [0.3, 0.4) is 0 Å². The van der Waals surface area contributed by atoms with Gasteiger partial charge < -0.3 is 10.4 Å². The molecule has 1 unspecified atom stereocenters. The van der Waals surface area contributed by atoms with Crippen molar-refractivity contribution in [2.75, 3.05) is 11.9 Å². The number of halogens is 3. The summed E-state index contributed by atoms with van der Waals surface area (Å²) in [5, 5.41) is 18.8. The number of aliphatic hydroxyl groups is 1. The first-order chi connectivity index (χ1) is 8.39. The highest BCUT2D eigenvalue weighted by Crippen LogP contribution is 2.20. The third-order valence-corrected chi connectivity index (χ3v) is 2.34. The summed E-state index contributed by atoms with van der Waals surface area (Å²) in [6.07, 6.45) is -4.12. The third kappa shape index (κ3) is 2.35. The Hall–Kier alpha value is -1.90. The summed E-state index contributed by atoms with van der Waals surface area (Å²) in [6, 6.07) is 0. The van der Waals surface area contributed by atoms with Crippen molar-refractivity contribution in [3.8, 4) is 0 Å². The minimum absolute atomic E-state index is 0.140. The Balaban J connectivity index is 2.18. The number of nitrogens with zero attached hydrogens (tertiary/aromatic N) is 4. The maximum Gasteiger partial charge on any atom is 0.416 e. The zero-order valence-corrected chi connectivity index (χ0v) is 9.31. The summed E-state index contributed by atoms with van der Waals surface area (Å²) >= 11 is 0. The van der Waals surface area contributed by atoms with Crippen LogP contribution in [0.5, 0.6) is 0 Å². The third-order valence-electron chi connectivity index (χ3n) is 2.34. The first-order valence-corrected chi connectivity index (χ1v) is 5.04. The Morgan fingerprint density at radius 1 is 1.44 bits per heavy atom. The Kier molecular flexibility index (Phi) is 3.07. The summed E-state index contributed by atoms with van der Waals surface area (Å²) in [6.45, 7) is 1.01. The van der Waals surface area contributed by atoms with E-state index in [4.69, 9.17) is 5.11 Å². The zero-order valence-electron chi connectivity index (χ0n) is 9.31. The first kappa shape index (κ1) is 12.6. The highest BCUT2D eigenvalue weighted by Gasteiger charge is 2.38. The van der Waals surface area contributed by atoms with Crippen LogP contribution >= 0.6 is 0 Å². The number of hydrogen-bond donors (Lipinski definition) is 2. The van der Waals surface area contributed by atoms with Crippen molar-refractivity contribution in [1.29, 1.82) is 0 Å². The second kappa shape index (κ2) is 4.41. The molecule has 1 atom stereocenters. The number of alkyl halides is 3. The number of aryl methyl sites for hydroxylation is 1. The zero-order chi connectivity index (χ0) is 13.3. The summed E-state index contributed by atoms with van der Waals surface area (Å²) in [5.74, 6) is 0.730. The van der Waals surface area contributed by atoms with Crippen LogP contribution in [0.4, 0.5) is 19.0 Å². The van der Waals surface area contributed by atoms with Crippen LogP contribution in [0.15, 0.2) is 12.4 Å². The van der Waals surface area contributed by atoms with Crippen LogP contribution in [0.1, 0.15) is 5.82 Å². The molecule has 2 aromatic heterocycles. The standard InChI is InChI=1S/C9H10F3N5O/c1-5-15-16-8-7(13-2-3-17(5)8)14-4-6(18)9(10,11)12/h2-3,6,18H,4H2,1H3,(H,13,14). The summed E-state index contributed by atoms with van der Waals surface area (Å²) in [5.41, 5.74) is 0.310. The molecular weight excluding hydrogens is 251 g/mol. The molecule has 0 aliphatic heterocycles. The molecule has 0 fully saturated rings. The van der Waals surface area contributed by atoms with Gasteiger partial charge in [-0.2, -0.15) is 13.2 Å². The Labute approximate surface area is 99.5 Å². The van der Waals surface area contributed by atoms with Crippen LogP contribution in [0, 0.1) is 6.92 Å². The molecule has 0 saturated heterocycles. The van der Waals surface area contributed by atoms with Gasteiger partial charge in [0.1, 0.15) is 5.82 Å². The fraction of sp³-hybridized carbons (Fsp3) is 0.444. The molecule has 0 aliphatic rings. The van der Waals surface area contributed by atoms with E-state index in [1.54, 1.807) is 17.5 Å². The molecule has 0 aliphatic carbocycles. The Bertz CT molecular complexity index is 553. The second-order valence-corrected chi connectivity index (χ2v) is 3.65. The Morgan fingerprint density at radius 2 is 2.17 bits per heavy atom. The van der Waals surface area contributed by atoms with Crippen molar-refractivity contribution in [3.63, 3.8) is 0 Å². The number of aliphatic hydroxyl groups excluding tert-OH is 1. The van der Waals surface area contributed by atoms with Crippen molar-refractivity contribution >= 4 is 11.5 Å². The molecule has 18 heavy (non-hydrogen) atoms. The smallest absolute Gasteiger partial charge is 0.382 e. The van der Waals surface area contributed by atoms with E-state index in [-0.39, 0.29) is 5.82 Å². The molecule has 2 rings (SSSR count). The molecule has 0 amide bonds. The van der Waals surface area contributed by atoms with Crippen LogP contribution in [-0.4, -0.2) is 43.5 Å². The minimum Gasteiger partial charge on any atom is -0.382 e. The molecule has 9 heteroatoms. The average molecular weight is 261 g/mol. The highest BCUT2D eigenvalue weighted by atomic mass is 19.4. The van der Waals surface area contributed by atoms with Crippen molar-refractivity contribution in [2.45, 2.75) is 19.2 Å². The minimum atomic E-state index is -4.67. The van der Waals surface area contributed by atoms with Gasteiger partial charge in [-0.1, -0.05) is 0 Å². The van der Waals surface area contributed by atoms with Gasteiger partial charge in [0, 0.05) is 12.4 Å². The summed E-state index contributed by atoms with van der Waals surface area (Å²) in [7, 11) is 0. The number of aromatic nitrogens is 4. The quantitative estimate of drug-likeness (QED) is 0.853. The van der Waals surface area contributed by atoms with Gasteiger partial charge in [-0.25, -0.2) is 4.98 Å². The lowest BCUT2D eigenvalue weighted by molar-refractivity contribution is -0.198. The highest BCUT2D eigenvalue weighted by molar-refractivity contribution is 5.61. The molecule has 2 N–H and O–H groups in total. The molecule has 0 saturated carbocycles. The number of rotatable bonds is 3. The maximum absolute atomic E-state index is 12.1. The van der Waals surface area contributed by atoms with Gasteiger partial charge in [0.25, 0.3) is 0 Å². The SMILES string of the molecule is Cc1nnc2c(NCC(O)C(F)(F)F)nccn12. The normalized spacial score (nSPS) is 13.8. The molecule has 0 radical (unpaired) electrons. The van der Waals surface area contributed by atoms with Gasteiger partial charge in [0.05, 0.1) is 6.54 Å². The van der Waals surface area contributed by atoms with E-state index in [9.17, 15) is 13.2 Å². The number of nitrogens with one attached hydrogen (secondary N) is 1. The molecule has 98 valence electrons. The monoisotopic (exact) mass is 261 g/mol. The van der Waals surface area contributed by atoms with E-state index in [0.717, 1.165) is 0 Å². The topological polar surface area (TPSA) is 75.3 Å². The van der Waals surface area contributed by atoms with Gasteiger partial charge in [0.2, 0.25) is 5.65 Å². The fourth-order valence-corrected chi connectivity index (χ4v) is 1.38. The number of fused-ring (bicyclic) bond motifs is 1. The fourth-order valence-electron chi connectivity index (χ4n) is 1.38. The van der Waals surface area contributed by atoms with Crippen LogP contribution in [0.2, 0.25) is 0 Å². The van der Waals surface area contributed by atoms with Gasteiger partial charge in [-0.05, 0) is 6.92 Å². The second-order valence-electron chi connectivity index (χ2n) is 3.65. The molecule has 0 aromatic carbocycles. The van der Waals surface area contributed by atoms with Crippen LogP contribution < -0.4 is 5.32 Å². The molecule has 6 nitrogen and oxygen atoms in total. The number of anilines is 1. The van der Waals surface area contributed by atoms with Gasteiger partial charge in [0.15, 0.2) is 11.9 Å². The molecule has 2 heterocycles. The molecule has 2 aromatic rings. The largest absolute Gasteiger partial charge is 0.416 e. The summed E-state index contributed by atoms with van der Waals surface area (Å²) < 4.78 is 38.0. The molecular formula is C9H10F3N5O. The van der Waals surface area contributed by atoms with Crippen LogP contribution in [-0.2, 0) is 0 Å². The van der Waals surface area contributed by atoms with Crippen LogP contribution in [0.25, 0.3) is 5.65 Å². The van der Waals surface area contributed by atoms with E-state index >= 15 is 0 Å². The first-order valence-electron chi connectivity index (χ1n) is 5.04. The van der Waals surface area contributed by atoms with Crippen molar-refractivity contribution < 1.29 is 18.3 Å². The van der Waals surface area contributed by atoms with Gasteiger partial charge >= 0.3 is 6.18 Å². The van der Waals surface area contributed by atoms with E-state index in [0.29, 0.717) is 11.5 Å². The van der Waals surface area contributed by atoms with E-state index < -0.39 is 18.8 Å². The van der Waals surface area contributed by atoms with Crippen molar-refractivity contribution in [1.82, 2.24) is 19.6 Å². The lowest BCUT2D eigenvalue weighted by atomic mass is 10.3. The lowest BCUT2D eigenvalue weighted by Gasteiger charge is -2.15. The lowest BCUT2D eigenvalue weighted by Crippen LogP contribution is -2.35. The van der Waals surface area contributed by atoms with Crippen molar-refractivity contribution in [2.24, 2.45) is 0 Å². The predicted octanol–water partition coefficient (Wildman–Crippen LogP) is 0.768. The average Bonchev–Trinajstić information content (AvgIpc) is 2.67. The molecule has 0 bridgehead atoms. The van der Waals surface area contributed by atoms with Gasteiger partial charge in [-0.15, -0.1) is 10.2 Å². The molecule has 0 spiro atoms.